The summed E-state index contributed by atoms with van der Waals surface area (Å²) in [5.74, 6) is -0.665. The Morgan fingerprint density at radius 3 is 2.53 bits per heavy atom. The molecule has 0 N–H and O–H groups in total. The second-order valence-electron chi connectivity index (χ2n) is 3.43. The van der Waals surface area contributed by atoms with Crippen molar-refractivity contribution in [2.75, 3.05) is 6.61 Å². The van der Waals surface area contributed by atoms with Gasteiger partial charge in [-0.25, -0.2) is 4.79 Å². The molecule has 1 rings (SSSR count). The van der Waals surface area contributed by atoms with Crippen LogP contribution in [0.1, 0.15) is 12.5 Å². The largest absolute Gasteiger partial charge is 0.462 e. The number of carbonyl (C=O) groups is 1. The van der Waals surface area contributed by atoms with Gasteiger partial charge in [0.1, 0.15) is 11.6 Å². The molecule has 0 bridgehead atoms. The van der Waals surface area contributed by atoms with E-state index in [1.807, 2.05) is 0 Å². The summed E-state index contributed by atoms with van der Waals surface area (Å²) < 4.78 is 4.73. The number of allylic oxidation sites excluding steroid dienone is 2. The highest BCUT2D eigenvalue weighted by Gasteiger charge is 2.08. The number of hydrogen-bond acceptors (Lipinski definition) is 3. The van der Waals surface area contributed by atoms with Crippen LogP contribution in [-0.4, -0.2) is 12.6 Å². The Morgan fingerprint density at radius 2 is 2.00 bits per heavy atom. The first-order valence-electron chi connectivity index (χ1n) is 5.49. The predicted octanol–water partition coefficient (Wildman–Crippen LogP) is 3.93. The number of benzene rings is 1. The van der Waals surface area contributed by atoms with Gasteiger partial charge in [0.2, 0.25) is 0 Å². The lowest BCUT2D eigenvalue weighted by Crippen LogP contribution is -2.05. The molecular weight excluding hydrogens is 285 g/mol. The van der Waals surface area contributed by atoms with Gasteiger partial charge in [-0.1, -0.05) is 35.3 Å². The van der Waals surface area contributed by atoms with E-state index < -0.39 is 5.97 Å². The Balaban J connectivity index is 2.92. The fraction of sp³-hybridized carbons (Fsp3) is 0.143. The van der Waals surface area contributed by atoms with Gasteiger partial charge in [-0.3, -0.25) is 0 Å². The van der Waals surface area contributed by atoms with Crippen LogP contribution in [0.4, 0.5) is 0 Å². The molecule has 0 fully saturated rings. The Kier molecular flexibility index (Phi) is 6.14. The van der Waals surface area contributed by atoms with Crippen molar-refractivity contribution < 1.29 is 9.53 Å². The second-order valence-corrected chi connectivity index (χ2v) is 4.28. The first kappa shape index (κ1) is 15.3. The maximum Gasteiger partial charge on any atom is 0.348 e. The third-order valence-electron chi connectivity index (χ3n) is 2.13. The maximum atomic E-state index is 11.4. The van der Waals surface area contributed by atoms with Gasteiger partial charge in [0, 0.05) is 10.1 Å². The van der Waals surface area contributed by atoms with Gasteiger partial charge in [-0.15, -0.1) is 0 Å². The van der Waals surface area contributed by atoms with E-state index in [9.17, 15) is 4.79 Å². The van der Waals surface area contributed by atoms with E-state index in [0.29, 0.717) is 10.1 Å². The van der Waals surface area contributed by atoms with Crippen LogP contribution in [0.3, 0.4) is 0 Å². The number of carbonyl (C=O) groups excluding carboxylic acids is 1. The molecule has 0 spiro atoms. The predicted molar refractivity (Wildman–Crippen MR) is 75.6 cm³/mol. The van der Waals surface area contributed by atoms with Crippen molar-refractivity contribution in [2.24, 2.45) is 0 Å². The fourth-order valence-corrected chi connectivity index (χ4v) is 1.54. The monoisotopic (exact) mass is 295 g/mol. The lowest BCUT2D eigenvalue weighted by molar-refractivity contribution is -0.138. The van der Waals surface area contributed by atoms with E-state index in [4.69, 9.17) is 33.2 Å². The summed E-state index contributed by atoms with van der Waals surface area (Å²) in [5.41, 5.74) is 0.637. The summed E-state index contributed by atoms with van der Waals surface area (Å²) in [6, 6.07) is 8.65. The zero-order valence-electron chi connectivity index (χ0n) is 10.2. The number of ether oxygens (including phenoxy) is 1. The number of nitriles is 1. The standard InChI is InChI=1S/C14H11Cl2NO2/c1-2-19-14(18)11(9-17)5-8-13(16)10-3-6-12(15)7-4-10/h3-8H,2H2,1H3/b11-5-,13-8+. The van der Waals surface area contributed by atoms with E-state index in [-0.39, 0.29) is 12.2 Å². The van der Waals surface area contributed by atoms with Crippen LogP contribution in [0.5, 0.6) is 0 Å². The van der Waals surface area contributed by atoms with Gasteiger partial charge in [0.05, 0.1) is 6.61 Å². The molecular formula is C14H11Cl2NO2. The molecule has 0 aromatic heterocycles. The molecule has 0 aliphatic carbocycles. The van der Waals surface area contributed by atoms with Crippen molar-refractivity contribution >= 4 is 34.2 Å². The van der Waals surface area contributed by atoms with Crippen molar-refractivity contribution in [3.63, 3.8) is 0 Å². The first-order valence-corrected chi connectivity index (χ1v) is 6.24. The molecule has 0 amide bonds. The highest BCUT2D eigenvalue weighted by atomic mass is 35.5. The van der Waals surface area contributed by atoms with Gasteiger partial charge in [-0.2, -0.15) is 5.26 Å². The third kappa shape index (κ3) is 4.78. The van der Waals surface area contributed by atoms with E-state index in [1.165, 1.54) is 12.2 Å². The molecule has 0 radical (unpaired) electrons. The topological polar surface area (TPSA) is 50.1 Å². The lowest BCUT2D eigenvalue weighted by atomic mass is 10.2. The van der Waals surface area contributed by atoms with Crippen LogP contribution < -0.4 is 0 Å². The van der Waals surface area contributed by atoms with Crippen molar-refractivity contribution in [1.82, 2.24) is 0 Å². The minimum Gasteiger partial charge on any atom is -0.462 e. The first-order chi connectivity index (χ1) is 9.08. The Morgan fingerprint density at radius 1 is 1.37 bits per heavy atom. The van der Waals surface area contributed by atoms with Crippen LogP contribution in [0.25, 0.3) is 5.03 Å². The van der Waals surface area contributed by atoms with Gasteiger partial charge >= 0.3 is 5.97 Å². The van der Waals surface area contributed by atoms with Crippen molar-refractivity contribution in [1.29, 1.82) is 5.26 Å². The minimum atomic E-state index is -0.665. The number of esters is 1. The van der Waals surface area contributed by atoms with Crippen molar-refractivity contribution in [3.8, 4) is 6.07 Å². The van der Waals surface area contributed by atoms with E-state index in [2.05, 4.69) is 0 Å². The SMILES string of the molecule is CCOC(=O)/C(C#N)=C\C=C(\Cl)c1ccc(Cl)cc1. The van der Waals surface area contributed by atoms with E-state index >= 15 is 0 Å². The zero-order valence-corrected chi connectivity index (χ0v) is 11.7. The average molecular weight is 296 g/mol. The van der Waals surface area contributed by atoms with E-state index in [1.54, 1.807) is 37.3 Å². The summed E-state index contributed by atoms with van der Waals surface area (Å²) in [4.78, 5) is 11.4. The summed E-state index contributed by atoms with van der Waals surface area (Å²) in [7, 11) is 0. The number of nitrogens with zero attached hydrogens (tertiary/aromatic N) is 1. The molecule has 1 aromatic rings. The molecule has 0 saturated carbocycles. The molecule has 0 aliphatic rings. The van der Waals surface area contributed by atoms with Gasteiger partial charge < -0.3 is 4.74 Å². The maximum absolute atomic E-state index is 11.4. The minimum absolute atomic E-state index is 0.103. The van der Waals surface area contributed by atoms with Crippen molar-refractivity contribution in [3.05, 3.63) is 52.6 Å². The summed E-state index contributed by atoms with van der Waals surface area (Å²) >= 11 is 11.8. The molecule has 0 aliphatic heterocycles. The Labute approximate surface area is 121 Å². The Bertz CT molecular complexity index is 554. The molecule has 0 heterocycles. The second kappa shape index (κ2) is 7.63. The van der Waals surface area contributed by atoms with Crippen LogP contribution in [0, 0.1) is 11.3 Å². The zero-order chi connectivity index (χ0) is 14.3. The van der Waals surface area contributed by atoms with Gasteiger partial charge in [0.15, 0.2) is 0 Å². The molecule has 3 nitrogen and oxygen atoms in total. The number of halogens is 2. The summed E-state index contributed by atoms with van der Waals surface area (Å²) in [6.45, 7) is 1.88. The van der Waals surface area contributed by atoms with Crippen LogP contribution in [0.15, 0.2) is 42.0 Å². The molecule has 0 unspecified atom stereocenters. The molecule has 19 heavy (non-hydrogen) atoms. The van der Waals surface area contributed by atoms with Crippen LogP contribution in [-0.2, 0) is 9.53 Å². The van der Waals surface area contributed by atoms with Crippen molar-refractivity contribution in [2.45, 2.75) is 6.92 Å². The quantitative estimate of drug-likeness (QED) is 0.366. The third-order valence-corrected chi connectivity index (χ3v) is 2.73. The highest BCUT2D eigenvalue weighted by Crippen LogP contribution is 2.21. The molecule has 5 heteroatoms. The molecule has 0 atom stereocenters. The number of rotatable bonds is 4. The summed E-state index contributed by atoms with van der Waals surface area (Å²) in [6.07, 6.45) is 2.80. The van der Waals surface area contributed by atoms with Crippen LogP contribution in [0.2, 0.25) is 5.02 Å². The number of hydrogen-bond donors (Lipinski definition) is 0. The average Bonchev–Trinajstić information content (AvgIpc) is 2.40. The Hall–Kier alpha value is -1.76. The van der Waals surface area contributed by atoms with E-state index in [0.717, 1.165) is 5.56 Å². The van der Waals surface area contributed by atoms with Gasteiger partial charge in [0.25, 0.3) is 0 Å². The molecule has 98 valence electrons. The smallest absolute Gasteiger partial charge is 0.348 e. The van der Waals surface area contributed by atoms with Gasteiger partial charge in [-0.05, 0) is 36.8 Å². The highest BCUT2D eigenvalue weighted by molar-refractivity contribution is 6.49. The molecule has 0 saturated heterocycles. The normalized spacial score (nSPS) is 11.9. The molecule has 1 aromatic carbocycles. The summed E-state index contributed by atoms with van der Waals surface area (Å²) in [5, 5.41) is 9.84. The van der Waals surface area contributed by atoms with Crippen LogP contribution >= 0.6 is 23.2 Å². The fourth-order valence-electron chi connectivity index (χ4n) is 1.22. The lowest BCUT2D eigenvalue weighted by Gasteiger charge is -1.99.